The highest BCUT2D eigenvalue weighted by Gasteiger charge is 2.27. The Hall–Kier alpha value is -2.43. The molecule has 6 nitrogen and oxygen atoms in total. The molecule has 30 heavy (non-hydrogen) atoms. The van der Waals surface area contributed by atoms with Crippen LogP contribution in [-0.2, 0) is 14.8 Å². The zero-order valence-electron chi connectivity index (χ0n) is 15.6. The van der Waals surface area contributed by atoms with Gasteiger partial charge in [-0.1, -0.05) is 48.0 Å². The van der Waals surface area contributed by atoms with Gasteiger partial charge >= 0.3 is 0 Å². The van der Waals surface area contributed by atoms with Gasteiger partial charge in [0, 0.05) is 8.59 Å². The molecule has 0 radical (unpaired) electrons. The molecule has 0 atom stereocenters. The summed E-state index contributed by atoms with van der Waals surface area (Å²) in [5.41, 5.74) is 3.46. The fraction of sp³-hybridized carbons (Fsp3) is 0.0476. The summed E-state index contributed by atoms with van der Waals surface area (Å²) in [5.74, 6) is -0.587. The number of hydrazone groups is 1. The number of hydrogen-bond acceptors (Lipinski definition) is 4. The smallest absolute Gasteiger partial charge is 0.264 e. The second kappa shape index (κ2) is 10.1. The second-order valence-corrected chi connectivity index (χ2v) is 9.69. The molecule has 154 valence electrons. The molecule has 0 fully saturated rings. The van der Waals surface area contributed by atoms with Crippen molar-refractivity contribution in [2.45, 2.75) is 4.90 Å². The molecule has 9 heteroatoms. The van der Waals surface area contributed by atoms with E-state index in [0.717, 1.165) is 13.4 Å². The van der Waals surface area contributed by atoms with E-state index >= 15 is 0 Å². The van der Waals surface area contributed by atoms with E-state index < -0.39 is 22.5 Å². The number of nitrogens with zero attached hydrogens (tertiary/aromatic N) is 2. The molecule has 0 aliphatic heterocycles. The lowest BCUT2D eigenvalue weighted by molar-refractivity contribution is -0.119. The summed E-state index contributed by atoms with van der Waals surface area (Å²) < 4.78 is 28.4. The molecule has 0 aromatic heterocycles. The minimum atomic E-state index is -3.99. The van der Waals surface area contributed by atoms with Crippen LogP contribution in [-0.4, -0.2) is 27.1 Å². The molecule has 3 aromatic carbocycles. The zero-order valence-corrected chi connectivity index (χ0v) is 19.3. The molecule has 0 spiro atoms. The molecule has 0 aliphatic rings. The quantitative estimate of drug-likeness (QED) is 0.269. The highest BCUT2D eigenvalue weighted by Crippen LogP contribution is 2.25. The first-order valence-electron chi connectivity index (χ1n) is 8.77. The number of benzene rings is 3. The monoisotopic (exact) mass is 553 g/mol. The van der Waals surface area contributed by atoms with Gasteiger partial charge in [-0.05, 0) is 70.6 Å². The Bertz CT molecular complexity index is 1150. The van der Waals surface area contributed by atoms with Crippen molar-refractivity contribution in [3.63, 3.8) is 0 Å². The minimum absolute atomic E-state index is 0.0696. The average Bonchev–Trinajstić information content (AvgIpc) is 2.74. The summed E-state index contributed by atoms with van der Waals surface area (Å²) in [7, 11) is -3.99. The van der Waals surface area contributed by atoms with Gasteiger partial charge in [0.05, 0.1) is 16.8 Å². The van der Waals surface area contributed by atoms with Gasteiger partial charge in [-0.25, -0.2) is 13.8 Å². The normalized spacial score (nSPS) is 11.4. The summed E-state index contributed by atoms with van der Waals surface area (Å²) in [6.45, 7) is -0.457. The number of anilines is 1. The predicted octanol–water partition coefficient (Wildman–Crippen LogP) is 4.29. The van der Waals surface area contributed by atoms with Crippen LogP contribution in [0.2, 0.25) is 5.02 Å². The maximum atomic E-state index is 13.2. The fourth-order valence-corrected chi connectivity index (χ4v) is 4.54. The number of hydrogen-bond donors (Lipinski definition) is 1. The van der Waals surface area contributed by atoms with Crippen molar-refractivity contribution in [3.05, 3.63) is 93.0 Å². The van der Waals surface area contributed by atoms with Crippen LogP contribution in [0, 0.1) is 3.57 Å². The number of sulfonamides is 1. The minimum Gasteiger partial charge on any atom is -0.271 e. The molecule has 0 saturated carbocycles. The van der Waals surface area contributed by atoms with Gasteiger partial charge in [-0.15, -0.1) is 0 Å². The zero-order chi connectivity index (χ0) is 21.6. The molecular weight excluding hydrogens is 537 g/mol. The van der Waals surface area contributed by atoms with Crippen LogP contribution in [0.1, 0.15) is 5.56 Å². The summed E-state index contributed by atoms with van der Waals surface area (Å²) in [4.78, 5) is 12.5. The Balaban J connectivity index is 1.82. The average molecular weight is 554 g/mol. The van der Waals surface area contributed by atoms with Gasteiger partial charge in [0.1, 0.15) is 6.54 Å². The Morgan fingerprint density at radius 2 is 1.73 bits per heavy atom. The lowest BCUT2D eigenvalue weighted by Crippen LogP contribution is -2.39. The van der Waals surface area contributed by atoms with Gasteiger partial charge in [0.2, 0.25) is 0 Å². The van der Waals surface area contributed by atoms with Crippen LogP contribution < -0.4 is 9.73 Å². The highest BCUT2D eigenvalue weighted by atomic mass is 127. The molecule has 0 unspecified atom stereocenters. The fourth-order valence-electron chi connectivity index (χ4n) is 2.56. The Morgan fingerprint density at radius 3 is 2.40 bits per heavy atom. The number of halogens is 2. The molecule has 0 aliphatic carbocycles. The molecule has 3 rings (SSSR count). The number of rotatable bonds is 7. The molecule has 0 heterocycles. The van der Waals surface area contributed by atoms with E-state index in [0.29, 0.717) is 5.02 Å². The van der Waals surface area contributed by atoms with Crippen molar-refractivity contribution in [2.75, 3.05) is 10.8 Å². The maximum Gasteiger partial charge on any atom is 0.264 e. The largest absolute Gasteiger partial charge is 0.271 e. The third kappa shape index (κ3) is 5.80. The molecule has 0 saturated heterocycles. The van der Waals surface area contributed by atoms with Crippen LogP contribution in [0.3, 0.4) is 0 Å². The lowest BCUT2D eigenvalue weighted by Gasteiger charge is -2.23. The van der Waals surface area contributed by atoms with Crippen LogP contribution in [0.25, 0.3) is 0 Å². The van der Waals surface area contributed by atoms with E-state index in [1.165, 1.54) is 24.4 Å². The number of carbonyl (C=O) groups excluding carboxylic acids is 1. The maximum absolute atomic E-state index is 13.2. The summed E-state index contributed by atoms with van der Waals surface area (Å²) in [6.07, 6.45) is 1.49. The number of carbonyl (C=O) groups is 1. The van der Waals surface area contributed by atoms with E-state index in [-0.39, 0.29) is 10.6 Å². The van der Waals surface area contributed by atoms with Gasteiger partial charge < -0.3 is 0 Å². The SMILES string of the molecule is O=C(CN(c1cccc(Cl)c1)S(=O)(=O)c1ccccc1)N/N=C/c1ccc(I)cc1. The Morgan fingerprint density at radius 1 is 1.03 bits per heavy atom. The van der Waals surface area contributed by atoms with E-state index in [1.54, 1.807) is 36.4 Å². The van der Waals surface area contributed by atoms with Crippen molar-refractivity contribution in [1.29, 1.82) is 0 Å². The van der Waals surface area contributed by atoms with Crippen molar-refractivity contribution in [2.24, 2.45) is 5.10 Å². The summed E-state index contributed by atoms with van der Waals surface area (Å²) in [6, 6.07) is 21.8. The highest BCUT2D eigenvalue weighted by molar-refractivity contribution is 14.1. The Labute approximate surface area is 193 Å². The van der Waals surface area contributed by atoms with Crippen molar-refractivity contribution >= 4 is 62.0 Å². The van der Waals surface area contributed by atoms with Crippen LogP contribution in [0.5, 0.6) is 0 Å². The van der Waals surface area contributed by atoms with Crippen LogP contribution >= 0.6 is 34.2 Å². The molecule has 3 aromatic rings. The number of nitrogens with one attached hydrogen (secondary N) is 1. The molecular formula is C21H17ClIN3O3S. The van der Waals surface area contributed by atoms with E-state index in [9.17, 15) is 13.2 Å². The second-order valence-electron chi connectivity index (χ2n) is 6.15. The Kier molecular flexibility index (Phi) is 7.46. The molecule has 1 amide bonds. The standard InChI is InChI=1S/C21H17ClIN3O3S/c22-17-5-4-6-19(13-17)26(30(28,29)20-7-2-1-3-8-20)15-21(27)25-24-14-16-9-11-18(23)12-10-16/h1-14H,15H2,(H,25,27)/b24-14+. The third-order valence-electron chi connectivity index (χ3n) is 3.99. The first-order valence-corrected chi connectivity index (χ1v) is 11.7. The van der Waals surface area contributed by atoms with E-state index in [4.69, 9.17) is 11.6 Å². The van der Waals surface area contributed by atoms with E-state index in [1.807, 2.05) is 24.3 Å². The van der Waals surface area contributed by atoms with Gasteiger partial charge in [-0.2, -0.15) is 5.10 Å². The van der Waals surface area contributed by atoms with Gasteiger partial charge in [-0.3, -0.25) is 9.10 Å². The van der Waals surface area contributed by atoms with Crippen molar-refractivity contribution in [1.82, 2.24) is 5.43 Å². The first-order chi connectivity index (χ1) is 14.4. The lowest BCUT2D eigenvalue weighted by atomic mass is 10.2. The summed E-state index contributed by atoms with van der Waals surface area (Å²) in [5, 5.41) is 4.27. The van der Waals surface area contributed by atoms with Crippen LogP contribution in [0.15, 0.2) is 88.9 Å². The van der Waals surface area contributed by atoms with E-state index in [2.05, 4.69) is 33.1 Å². The van der Waals surface area contributed by atoms with Gasteiger partial charge in [0.15, 0.2) is 0 Å². The predicted molar refractivity (Wildman–Crippen MR) is 127 cm³/mol. The molecule has 0 bridgehead atoms. The van der Waals surface area contributed by atoms with Gasteiger partial charge in [0.25, 0.3) is 15.9 Å². The topological polar surface area (TPSA) is 78.8 Å². The van der Waals surface area contributed by atoms with Crippen molar-refractivity contribution < 1.29 is 13.2 Å². The third-order valence-corrected chi connectivity index (χ3v) is 6.73. The number of amides is 1. The first kappa shape index (κ1) is 22.3. The summed E-state index contributed by atoms with van der Waals surface area (Å²) >= 11 is 8.23. The van der Waals surface area contributed by atoms with Crippen LogP contribution in [0.4, 0.5) is 5.69 Å². The van der Waals surface area contributed by atoms with Crippen molar-refractivity contribution in [3.8, 4) is 0 Å². The molecule has 1 N–H and O–H groups in total.